The van der Waals surface area contributed by atoms with Gasteiger partial charge in [0.25, 0.3) is 5.91 Å². The highest BCUT2D eigenvalue weighted by molar-refractivity contribution is 6.04. The second-order valence-electron chi connectivity index (χ2n) is 5.69. The fourth-order valence-electron chi connectivity index (χ4n) is 2.77. The van der Waals surface area contributed by atoms with Gasteiger partial charge in [0.05, 0.1) is 18.1 Å². The molecular formula is C17H17F2N3O2. The van der Waals surface area contributed by atoms with E-state index in [4.69, 9.17) is 0 Å². The number of pyridine rings is 1. The van der Waals surface area contributed by atoms with E-state index in [1.54, 1.807) is 6.07 Å². The van der Waals surface area contributed by atoms with Crippen LogP contribution in [0.1, 0.15) is 34.3 Å². The molecule has 0 bridgehead atoms. The lowest BCUT2D eigenvalue weighted by molar-refractivity contribution is -0.0500. The van der Waals surface area contributed by atoms with E-state index in [9.17, 15) is 13.6 Å². The maximum Gasteiger partial charge on any atom is 0.387 e. The van der Waals surface area contributed by atoms with Crippen molar-refractivity contribution >= 4 is 11.6 Å². The van der Waals surface area contributed by atoms with Gasteiger partial charge in [-0.25, -0.2) is 0 Å². The number of carbonyl (C=O) groups is 1. The average molecular weight is 333 g/mol. The van der Waals surface area contributed by atoms with Gasteiger partial charge < -0.3 is 15.4 Å². The Kier molecular flexibility index (Phi) is 4.71. The molecule has 1 aromatic carbocycles. The Morgan fingerprint density at radius 2 is 2.21 bits per heavy atom. The predicted molar refractivity (Wildman–Crippen MR) is 85.4 cm³/mol. The number of halogens is 2. The maximum atomic E-state index is 12.4. The Hall–Kier alpha value is -2.54. The van der Waals surface area contributed by atoms with Crippen LogP contribution in [0, 0.1) is 0 Å². The lowest BCUT2D eigenvalue weighted by atomic mass is 9.91. The number of hydrogen-bond acceptors (Lipinski definition) is 4. The van der Waals surface area contributed by atoms with E-state index in [1.807, 2.05) is 12.1 Å². The minimum Gasteiger partial charge on any atom is -0.433 e. The minimum absolute atomic E-state index is 0.105. The molecule has 1 amide bonds. The van der Waals surface area contributed by atoms with Gasteiger partial charge in [-0.1, -0.05) is 13.0 Å². The van der Waals surface area contributed by atoms with E-state index in [2.05, 4.69) is 27.3 Å². The van der Waals surface area contributed by atoms with Crippen molar-refractivity contribution in [2.24, 2.45) is 0 Å². The summed E-state index contributed by atoms with van der Waals surface area (Å²) in [6.07, 6.45) is 2.53. The van der Waals surface area contributed by atoms with E-state index in [0.717, 1.165) is 24.8 Å². The average Bonchev–Trinajstić information content (AvgIpc) is 2.54. The number of anilines is 1. The molecule has 24 heavy (non-hydrogen) atoms. The number of ether oxygens (including phenoxy) is 1. The lowest BCUT2D eigenvalue weighted by Gasteiger charge is -2.23. The van der Waals surface area contributed by atoms with Gasteiger partial charge in [-0.2, -0.15) is 8.78 Å². The Morgan fingerprint density at radius 3 is 3.00 bits per heavy atom. The van der Waals surface area contributed by atoms with Crippen LogP contribution < -0.4 is 15.4 Å². The van der Waals surface area contributed by atoms with Crippen LogP contribution in [0.25, 0.3) is 0 Å². The Labute approximate surface area is 138 Å². The van der Waals surface area contributed by atoms with Crippen LogP contribution in [0.2, 0.25) is 0 Å². The van der Waals surface area contributed by atoms with Crippen LogP contribution in [-0.4, -0.2) is 24.0 Å². The predicted octanol–water partition coefficient (Wildman–Crippen LogP) is 3.14. The van der Waals surface area contributed by atoms with Crippen molar-refractivity contribution in [3.63, 3.8) is 0 Å². The molecule has 1 aromatic heterocycles. The highest BCUT2D eigenvalue weighted by Gasteiger charge is 2.18. The van der Waals surface area contributed by atoms with Crippen molar-refractivity contribution in [1.82, 2.24) is 10.3 Å². The summed E-state index contributed by atoms with van der Waals surface area (Å²) in [5.41, 5.74) is 3.13. The quantitative estimate of drug-likeness (QED) is 0.902. The number of nitrogens with zero attached hydrogens (tertiary/aromatic N) is 1. The summed E-state index contributed by atoms with van der Waals surface area (Å²) in [6.45, 7) is 0.833. The SMILES string of the molecule is CC1CNCc2cc(C(=O)Nc3cncc(OC(F)F)c3)ccc21. The smallest absolute Gasteiger partial charge is 0.387 e. The van der Waals surface area contributed by atoms with Gasteiger partial charge >= 0.3 is 6.61 Å². The number of hydrogen-bond donors (Lipinski definition) is 2. The number of aromatic nitrogens is 1. The second-order valence-corrected chi connectivity index (χ2v) is 5.69. The van der Waals surface area contributed by atoms with Crippen LogP contribution in [0.3, 0.4) is 0 Å². The van der Waals surface area contributed by atoms with Crippen LogP contribution >= 0.6 is 0 Å². The van der Waals surface area contributed by atoms with E-state index >= 15 is 0 Å². The third-order valence-corrected chi connectivity index (χ3v) is 3.90. The lowest BCUT2D eigenvalue weighted by Crippen LogP contribution is -2.27. The molecule has 0 saturated carbocycles. The molecule has 1 aliphatic rings. The summed E-state index contributed by atoms with van der Waals surface area (Å²) in [6, 6.07) is 6.88. The Morgan fingerprint density at radius 1 is 1.38 bits per heavy atom. The molecule has 2 aromatic rings. The fraction of sp³-hybridized carbons (Fsp3) is 0.294. The molecular weight excluding hydrogens is 316 g/mol. The molecule has 2 heterocycles. The zero-order valence-electron chi connectivity index (χ0n) is 13.1. The van der Waals surface area contributed by atoms with Gasteiger partial charge in [0.1, 0.15) is 5.75 Å². The molecule has 0 spiro atoms. The van der Waals surface area contributed by atoms with Gasteiger partial charge in [-0.15, -0.1) is 0 Å². The van der Waals surface area contributed by atoms with Crippen LogP contribution in [0.15, 0.2) is 36.7 Å². The van der Waals surface area contributed by atoms with E-state index in [-0.39, 0.29) is 11.7 Å². The summed E-state index contributed by atoms with van der Waals surface area (Å²) >= 11 is 0. The monoisotopic (exact) mass is 333 g/mol. The molecule has 0 fully saturated rings. The Balaban J connectivity index is 1.75. The summed E-state index contributed by atoms with van der Waals surface area (Å²) < 4.78 is 28.7. The molecule has 3 rings (SSSR count). The molecule has 5 nitrogen and oxygen atoms in total. The zero-order valence-corrected chi connectivity index (χ0v) is 13.1. The highest BCUT2D eigenvalue weighted by Crippen LogP contribution is 2.25. The summed E-state index contributed by atoms with van der Waals surface area (Å²) in [7, 11) is 0. The summed E-state index contributed by atoms with van der Waals surface area (Å²) in [5, 5.41) is 5.95. The fourth-order valence-corrected chi connectivity index (χ4v) is 2.77. The molecule has 1 aliphatic heterocycles. The third-order valence-electron chi connectivity index (χ3n) is 3.90. The number of carbonyl (C=O) groups excluding carboxylic acids is 1. The van der Waals surface area contributed by atoms with Gasteiger partial charge in [0.15, 0.2) is 0 Å². The molecule has 1 atom stereocenters. The molecule has 0 radical (unpaired) electrons. The standard InChI is InChI=1S/C17H17F2N3O2/c1-10-6-20-7-12-4-11(2-3-15(10)12)16(23)22-13-5-14(9-21-8-13)24-17(18)19/h2-5,8-10,17,20H,6-7H2,1H3,(H,22,23). The van der Waals surface area contributed by atoms with Gasteiger partial charge in [-0.3, -0.25) is 9.78 Å². The number of benzene rings is 1. The second kappa shape index (κ2) is 6.92. The molecule has 0 saturated heterocycles. The molecule has 7 heteroatoms. The first-order chi connectivity index (χ1) is 11.5. The van der Waals surface area contributed by atoms with Gasteiger partial charge in [0, 0.05) is 24.7 Å². The first-order valence-electron chi connectivity index (χ1n) is 7.57. The summed E-state index contributed by atoms with van der Waals surface area (Å²) in [5.74, 6) is -0.0310. The van der Waals surface area contributed by atoms with Crippen LogP contribution in [0.5, 0.6) is 5.75 Å². The molecule has 0 aliphatic carbocycles. The van der Waals surface area contributed by atoms with E-state index < -0.39 is 6.61 Å². The molecule has 1 unspecified atom stereocenters. The molecule has 126 valence electrons. The Bertz CT molecular complexity index is 752. The van der Waals surface area contributed by atoms with Crippen molar-refractivity contribution < 1.29 is 18.3 Å². The largest absolute Gasteiger partial charge is 0.433 e. The normalized spacial score (nSPS) is 16.6. The number of amides is 1. The number of rotatable bonds is 4. The highest BCUT2D eigenvalue weighted by atomic mass is 19.3. The van der Waals surface area contributed by atoms with Crippen molar-refractivity contribution in [3.8, 4) is 5.75 Å². The summed E-state index contributed by atoms with van der Waals surface area (Å²) in [4.78, 5) is 16.1. The number of alkyl halides is 2. The van der Waals surface area contributed by atoms with Crippen molar-refractivity contribution in [1.29, 1.82) is 0 Å². The number of fused-ring (bicyclic) bond motifs is 1. The van der Waals surface area contributed by atoms with Crippen molar-refractivity contribution in [3.05, 3.63) is 53.3 Å². The van der Waals surface area contributed by atoms with Crippen molar-refractivity contribution in [2.75, 3.05) is 11.9 Å². The molecule has 2 N–H and O–H groups in total. The zero-order chi connectivity index (χ0) is 17.1. The van der Waals surface area contributed by atoms with Crippen LogP contribution in [-0.2, 0) is 6.54 Å². The first-order valence-corrected chi connectivity index (χ1v) is 7.57. The number of nitrogens with one attached hydrogen (secondary N) is 2. The first kappa shape index (κ1) is 16.3. The van der Waals surface area contributed by atoms with E-state index in [0.29, 0.717) is 17.2 Å². The van der Waals surface area contributed by atoms with Gasteiger partial charge in [-0.05, 0) is 29.2 Å². The van der Waals surface area contributed by atoms with Crippen molar-refractivity contribution in [2.45, 2.75) is 26.0 Å². The van der Waals surface area contributed by atoms with Crippen LogP contribution in [0.4, 0.5) is 14.5 Å². The minimum atomic E-state index is -2.94. The topological polar surface area (TPSA) is 63.2 Å². The van der Waals surface area contributed by atoms with Gasteiger partial charge in [0.2, 0.25) is 0 Å². The third kappa shape index (κ3) is 3.68. The van der Waals surface area contributed by atoms with E-state index in [1.165, 1.54) is 17.8 Å². The maximum absolute atomic E-state index is 12.4.